The molecule has 4 heteroatoms. The predicted octanol–water partition coefficient (Wildman–Crippen LogP) is 1.23. The van der Waals surface area contributed by atoms with Crippen molar-refractivity contribution in [2.75, 3.05) is 32.1 Å². The molecule has 4 nitrogen and oxygen atoms in total. The van der Waals surface area contributed by atoms with Crippen molar-refractivity contribution in [1.29, 1.82) is 0 Å². The second kappa shape index (κ2) is 5.87. The number of nitrogens with one attached hydrogen (secondary N) is 2. The average molecular weight is 247 g/mol. The van der Waals surface area contributed by atoms with Gasteiger partial charge < -0.3 is 15.5 Å². The summed E-state index contributed by atoms with van der Waals surface area (Å²) in [5, 5.41) is 6.34. The van der Waals surface area contributed by atoms with Crippen molar-refractivity contribution >= 4 is 11.6 Å². The van der Waals surface area contributed by atoms with Gasteiger partial charge in [-0.05, 0) is 43.7 Å². The molecule has 1 aliphatic rings. The van der Waals surface area contributed by atoms with Crippen LogP contribution >= 0.6 is 0 Å². The third-order valence-corrected chi connectivity index (χ3v) is 3.32. The average Bonchev–Trinajstić information content (AvgIpc) is 2.89. The quantitative estimate of drug-likeness (QED) is 0.841. The first kappa shape index (κ1) is 12.9. The Morgan fingerprint density at radius 3 is 2.67 bits per heavy atom. The Labute approximate surface area is 108 Å². The monoisotopic (exact) mass is 247 g/mol. The standard InChI is InChI=1S/C14H21N3O/c1-17(2)13-7-5-11(6-8-13)14(18)16-10-12-4-3-9-15-12/h5-8,12,15H,3-4,9-10H2,1-2H3,(H,16,18). The van der Waals surface area contributed by atoms with Crippen LogP contribution in [0.2, 0.25) is 0 Å². The highest BCUT2D eigenvalue weighted by molar-refractivity contribution is 5.94. The van der Waals surface area contributed by atoms with E-state index in [1.54, 1.807) is 0 Å². The smallest absolute Gasteiger partial charge is 0.251 e. The zero-order valence-electron chi connectivity index (χ0n) is 11.1. The molecule has 1 saturated heterocycles. The van der Waals surface area contributed by atoms with E-state index < -0.39 is 0 Å². The first-order valence-corrected chi connectivity index (χ1v) is 6.46. The molecule has 2 rings (SSSR count). The number of hydrogen-bond donors (Lipinski definition) is 2. The van der Waals surface area contributed by atoms with Gasteiger partial charge in [0.05, 0.1) is 0 Å². The third kappa shape index (κ3) is 3.23. The lowest BCUT2D eigenvalue weighted by Gasteiger charge is -2.14. The molecule has 1 aromatic carbocycles. The van der Waals surface area contributed by atoms with Gasteiger partial charge in [-0.1, -0.05) is 0 Å². The zero-order valence-corrected chi connectivity index (χ0v) is 11.1. The van der Waals surface area contributed by atoms with Crippen LogP contribution in [-0.2, 0) is 0 Å². The molecule has 1 unspecified atom stereocenters. The van der Waals surface area contributed by atoms with Crippen molar-refractivity contribution in [2.45, 2.75) is 18.9 Å². The molecule has 2 N–H and O–H groups in total. The maximum atomic E-state index is 11.9. The van der Waals surface area contributed by atoms with E-state index in [2.05, 4.69) is 10.6 Å². The van der Waals surface area contributed by atoms with E-state index in [4.69, 9.17) is 0 Å². The van der Waals surface area contributed by atoms with Gasteiger partial charge in [-0.2, -0.15) is 0 Å². The number of anilines is 1. The molecule has 0 aliphatic carbocycles. The Kier molecular flexibility index (Phi) is 4.20. The summed E-state index contributed by atoms with van der Waals surface area (Å²) in [4.78, 5) is 13.9. The summed E-state index contributed by atoms with van der Waals surface area (Å²) in [6.07, 6.45) is 2.36. The van der Waals surface area contributed by atoms with Gasteiger partial charge in [0.25, 0.3) is 5.91 Å². The molecular formula is C14H21N3O. The number of hydrogen-bond acceptors (Lipinski definition) is 3. The van der Waals surface area contributed by atoms with E-state index in [9.17, 15) is 4.79 Å². The van der Waals surface area contributed by atoms with Crippen LogP contribution in [0.4, 0.5) is 5.69 Å². The van der Waals surface area contributed by atoms with Crippen LogP contribution in [0, 0.1) is 0 Å². The molecule has 1 aromatic rings. The lowest BCUT2D eigenvalue weighted by molar-refractivity contribution is 0.0950. The van der Waals surface area contributed by atoms with Crippen molar-refractivity contribution in [3.05, 3.63) is 29.8 Å². The van der Waals surface area contributed by atoms with E-state index in [1.807, 2.05) is 43.3 Å². The van der Waals surface area contributed by atoms with Crippen molar-refractivity contribution in [3.8, 4) is 0 Å². The van der Waals surface area contributed by atoms with Gasteiger partial charge in [0.2, 0.25) is 0 Å². The van der Waals surface area contributed by atoms with Crippen LogP contribution in [0.15, 0.2) is 24.3 Å². The maximum Gasteiger partial charge on any atom is 0.251 e. The second-order valence-corrected chi connectivity index (χ2v) is 4.94. The van der Waals surface area contributed by atoms with Crippen molar-refractivity contribution < 1.29 is 4.79 Å². The van der Waals surface area contributed by atoms with Crippen LogP contribution in [0.25, 0.3) is 0 Å². The second-order valence-electron chi connectivity index (χ2n) is 4.94. The van der Waals surface area contributed by atoms with E-state index in [-0.39, 0.29) is 5.91 Å². The molecule has 1 heterocycles. The highest BCUT2D eigenvalue weighted by Crippen LogP contribution is 2.12. The Morgan fingerprint density at radius 1 is 1.39 bits per heavy atom. The lowest BCUT2D eigenvalue weighted by atomic mass is 10.1. The molecule has 98 valence electrons. The fraction of sp³-hybridized carbons (Fsp3) is 0.500. The minimum Gasteiger partial charge on any atom is -0.378 e. The van der Waals surface area contributed by atoms with Crippen LogP contribution in [0.5, 0.6) is 0 Å². The normalized spacial score (nSPS) is 18.7. The maximum absolute atomic E-state index is 11.9. The van der Waals surface area contributed by atoms with Crippen LogP contribution < -0.4 is 15.5 Å². The Bertz CT molecular complexity index is 394. The lowest BCUT2D eigenvalue weighted by Crippen LogP contribution is -2.37. The zero-order chi connectivity index (χ0) is 13.0. The van der Waals surface area contributed by atoms with Crippen molar-refractivity contribution in [2.24, 2.45) is 0 Å². The van der Waals surface area contributed by atoms with Gasteiger partial charge in [0.15, 0.2) is 0 Å². The first-order chi connectivity index (χ1) is 8.66. The summed E-state index contributed by atoms with van der Waals surface area (Å²) in [6, 6.07) is 8.10. The molecule has 1 amide bonds. The Hall–Kier alpha value is -1.55. The summed E-state index contributed by atoms with van der Waals surface area (Å²) >= 11 is 0. The van der Waals surface area contributed by atoms with Crippen molar-refractivity contribution in [3.63, 3.8) is 0 Å². The fourth-order valence-electron chi connectivity index (χ4n) is 2.16. The van der Waals surface area contributed by atoms with Gasteiger partial charge >= 0.3 is 0 Å². The Morgan fingerprint density at radius 2 is 2.11 bits per heavy atom. The minimum atomic E-state index is 0.00834. The fourth-order valence-corrected chi connectivity index (χ4v) is 2.16. The molecule has 0 bridgehead atoms. The minimum absolute atomic E-state index is 0.00834. The molecule has 0 radical (unpaired) electrons. The number of amides is 1. The molecular weight excluding hydrogens is 226 g/mol. The number of carbonyl (C=O) groups is 1. The van der Waals surface area contributed by atoms with Crippen molar-refractivity contribution in [1.82, 2.24) is 10.6 Å². The van der Waals surface area contributed by atoms with Crippen LogP contribution in [-0.4, -0.2) is 39.1 Å². The predicted molar refractivity (Wildman–Crippen MR) is 74.1 cm³/mol. The van der Waals surface area contributed by atoms with Gasteiger partial charge in [0.1, 0.15) is 0 Å². The van der Waals surface area contributed by atoms with Gasteiger partial charge in [0, 0.05) is 37.9 Å². The molecule has 1 atom stereocenters. The molecule has 0 aromatic heterocycles. The van der Waals surface area contributed by atoms with Gasteiger partial charge in [-0.3, -0.25) is 4.79 Å². The van der Waals surface area contributed by atoms with Gasteiger partial charge in [-0.15, -0.1) is 0 Å². The van der Waals surface area contributed by atoms with Crippen LogP contribution in [0.3, 0.4) is 0 Å². The van der Waals surface area contributed by atoms with E-state index in [0.29, 0.717) is 12.6 Å². The van der Waals surface area contributed by atoms with Gasteiger partial charge in [-0.25, -0.2) is 0 Å². The molecule has 0 spiro atoms. The molecule has 18 heavy (non-hydrogen) atoms. The number of nitrogens with zero attached hydrogens (tertiary/aromatic N) is 1. The number of rotatable bonds is 4. The highest BCUT2D eigenvalue weighted by Gasteiger charge is 2.15. The summed E-state index contributed by atoms with van der Waals surface area (Å²) in [7, 11) is 3.97. The SMILES string of the molecule is CN(C)c1ccc(C(=O)NCC2CCCN2)cc1. The molecule has 1 aliphatic heterocycles. The first-order valence-electron chi connectivity index (χ1n) is 6.46. The summed E-state index contributed by atoms with van der Waals surface area (Å²) in [5.41, 5.74) is 1.82. The third-order valence-electron chi connectivity index (χ3n) is 3.32. The summed E-state index contributed by atoms with van der Waals surface area (Å²) in [5.74, 6) is 0.00834. The van der Waals surface area contributed by atoms with E-state index in [1.165, 1.54) is 6.42 Å². The summed E-state index contributed by atoms with van der Waals surface area (Å²) < 4.78 is 0. The summed E-state index contributed by atoms with van der Waals surface area (Å²) in [6.45, 7) is 1.78. The van der Waals surface area contributed by atoms with E-state index >= 15 is 0 Å². The molecule has 1 fully saturated rings. The van der Waals surface area contributed by atoms with Crippen LogP contribution in [0.1, 0.15) is 23.2 Å². The highest BCUT2D eigenvalue weighted by atomic mass is 16.1. The van der Waals surface area contributed by atoms with E-state index in [0.717, 1.165) is 24.2 Å². The topological polar surface area (TPSA) is 44.4 Å². The Balaban J connectivity index is 1.87. The molecule has 0 saturated carbocycles. The largest absolute Gasteiger partial charge is 0.378 e. The number of carbonyl (C=O) groups excluding carboxylic acids is 1. The number of benzene rings is 1.